The molecule has 2 nitrogen and oxygen atoms in total. The Morgan fingerprint density at radius 1 is 1.00 bits per heavy atom. The first-order chi connectivity index (χ1) is 9.55. The summed E-state index contributed by atoms with van der Waals surface area (Å²) in [6.45, 7) is 2.03. The monoisotopic (exact) mass is 309 g/mol. The molecule has 0 aliphatic carbocycles. The molecule has 0 heterocycles. The summed E-state index contributed by atoms with van der Waals surface area (Å²) < 4.78 is 5.29. The smallest absolute Gasteiger partial charge is 0.121 e. The van der Waals surface area contributed by atoms with E-state index in [2.05, 4.69) is 11.4 Å². The Morgan fingerprint density at radius 2 is 1.65 bits per heavy atom. The first-order valence-corrected chi connectivity index (χ1v) is 7.08. The molecule has 1 N–H and O–H groups in total. The average Bonchev–Trinajstić information content (AvgIpc) is 2.38. The second-order valence-corrected chi connectivity index (χ2v) is 5.53. The second-order valence-electron chi connectivity index (χ2n) is 4.65. The van der Waals surface area contributed by atoms with Crippen LogP contribution in [0.2, 0.25) is 10.0 Å². The van der Waals surface area contributed by atoms with Crippen LogP contribution >= 0.6 is 23.2 Å². The Balaban J connectivity index is 2.44. The molecule has 0 saturated heterocycles. The highest BCUT2D eigenvalue weighted by Crippen LogP contribution is 2.30. The minimum Gasteiger partial charge on any atom is -0.496 e. The fraction of sp³-hybridized carbons (Fsp3) is 0.250. The van der Waals surface area contributed by atoms with Gasteiger partial charge in [-0.3, -0.25) is 0 Å². The van der Waals surface area contributed by atoms with Gasteiger partial charge in [0.25, 0.3) is 0 Å². The molecule has 1 atom stereocenters. The highest BCUT2D eigenvalue weighted by Gasteiger charge is 2.14. The van der Waals surface area contributed by atoms with Gasteiger partial charge >= 0.3 is 0 Å². The number of hydrogen-bond acceptors (Lipinski definition) is 2. The molecular weight excluding hydrogens is 293 g/mol. The normalized spacial score (nSPS) is 12.2. The van der Waals surface area contributed by atoms with Crippen molar-refractivity contribution in [1.29, 1.82) is 0 Å². The van der Waals surface area contributed by atoms with E-state index in [0.29, 0.717) is 10.0 Å². The maximum Gasteiger partial charge on any atom is 0.121 e. The molecule has 0 saturated carbocycles. The van der Waals surface area contributed by atoms with Crippen LogP contribution in [-0.2, 0) is 0 Å². The summed E-state index contributed by atoms with van der Waals surface area (Å²) in [4.78, 5) is 0. The van der Waals surface area contributed by atoms with Crippen LogP contribution in [0.1, 0.15) is 22.7 Å². The number of halogens is 2. The van der Waals surface area contributed by atoms with E-state index in [1.807, 2.05) is 38.2 Å². The van der Waals surface area contributed by atoms with Crippen molar-refractivity contribution in [2.45, 2.75) is 13.0 Å². The summed E-state index contributed by atoms with van der Waals surface area (Å²) in [7, 11) is 3.59. The fourth-order valence-corrected chi connectivity index (χ4v) is 2.89. The van der Waals surface area contributed by atoms with Crippen molar-refractivity contribution in [3.63, 3.8) is 0 Å². The van der Waals surface area contributed by atoms with E-state index in [4.69, 9.17) is 27.9 Å². The maximum atomic E-state index is 6.09. The van der Waals surface area contributed by atoms with E-state index >= 15 is 0 Å². The van der Waals surface area contributed by atoms with E-state index in [-0.39, 0.29) is 6.04 Å². The minimum absolute atomic E-state index is 0.0378. The topological polar surface area (TPSA) is 21.3 Å². The molecule has 0 amide bonds. The van der Waals surface area contributed by atoms with Crippen LogP contribution in [0.25, 0.3) is 0 Å². The molecule has 0 spiro atoms. The van der Waals surface area contributed by atoms with Crippen molar-refractivity contribution in [3.05, 3.63) is 63.1 Å². The van der Waals surface area contributed by atoms with Gasteiger partial charge in [0.2, 0.25) is 0 Å². The van der Waals surface area contributed by atoms with Crippen LogP contribution in [0.4, 0.5) is 0 Å². The molecule has 1 unspecified atom stereocenters. The van der Waals surface area contributed by atoms with Crippen molar-refractivity contribution in [2.75, 3.05) is 14.2 Å². The number of nitrogens with one attached hydrogen (secondary N) is 1. The molecule has 2 rings (SSSR count). The van der Waals surface area contributed by atoms with Gasteiger partial charge in [-0.05, 0) is 54.9 Å². The van der Waals surface area contributed by atoms with Gasteiger partial charge < -0.3 is 10.1 Å². The molecule has 106 valence electrons. The lowest BCUT2D eigenvalue weighted by Crippen LogP contribution is -2.17. The molecule has 0 fully saturated rings. The van der Waals surface area contributed by atoms with Crippen LogP contribution in [0.5, 0.6) is 5.75 Å². The van der Waals surface area contributed by atoms with Crippen LogP contribution in [0.15, 0.2) is 36.4 Å². The Hall–Kier alpha value is -1.22. The molecule has 2 aromatic rings. The van der Waals surface area contributed by atoms with E-state index in [9.17, 15) is 0 Å². The zero-order valence-corrected chi connectivity index (χ0v) is 13.2. The van der Waals surface area contributed by atoms with Crippen LogP contribution in [0, 0.1) is 6.92 Å². The van der Waals surface area contributed by atoms with Gasteiger partial charge in [0.15, 0.2) is 0 Å². The summed E-state index contributed by atoms with van der Waals surface area (Å²) >= 11 is 12.2. The Morgan fingerprint density at radius 3 is 2.15 bits per heavy atom. The highest BCUT2D eigenvalue weighted by atomic mass is 35.5. The molecule has 0 bridgehead atoms. The lowest BCUT2D eigenvalue weighted by molar-refractivity contribution is 0.411. The number of benzene rings is 2. The van der Waals surface area contributed by atoms with Gasteiger partial charge in [-0.25, -0.2) is 0 Å². The predicted octanol–water partition coefficient (Wildman–Crippen LogP) is 4.62. The third kappa shape index (κ3) is 3.26. The molecule has 20 heavy (non-hydrogen) atoms. The van der Waals surface area contributed by atoms with E-state index in [1.54, 1.807) is 13.2 Å². The standard InChI is InChI=1S/C16H17Cl2NO/c1-10-6-11(4-5-15(10)20-3)16(19-2)12-7-13(17)9-14(18)8-12/h4-9,16,19H,1-3H3. The number of ether oxygens (including phenoxy) is 1. The Labute approximate surface area is 129 Å². The van der Waals surface area contributed by atoms with Crippen molar-refractivity contribution >= 4 is 23.2 Å². The Bertz CT molecular complexity index is 593. The van der Waals surface area contributed by atoms with Crippen LogP contribution < -0.4 is 10.1 Å². The molecule has 2 aromatic carbocycles. The first kappa shape index (κ1) is 15.2. The SMILES string of the molecule is CNC(c1cc(Cl)cc(Cl)c1)c1ccc(OC)c(C)c1. The van der Waals surface area contributed by atoms with Crippen molar-refractivity contribution in [2.24, 2.45) is 0 Å². The molecular formula is C16H17Cl2NO. The van der Waals surface area contributed by atoms with E-state index < -0.39 is 0 Å². The van der Waals surface area contributed by atoms with Gasteiger partial charge in [0, 0.05) is 10.0 Å². The predicted molar refractivity (Wildman–Crippen MR) is 85.1 cm³/mol. The van der Waals surface area contributed by atoms with Crippen molar-refractivity contribution in [1.82, 2.24) is 5.32 Å². The minimum atomic E-state index is 0.0378. The summed E-state index contributed by atoms with van der Waals surface area (Å²) in [5.41, 5.74) is 3.28. The lowest BCUT2D eigenvalue weighted by atomic mass is 9.97. The maximum absolute atomic E-state index is 6.09. The summed E-state index contributed by atoms with van der Waals surface area (Å²) in [5, 5.41) is 4.57. The van der Waals surface area contributed by atoms with Gasteiger partial charge in [0.1, 0.15) is 5.75 Å². The lowest BCUT2D eigenvalue weighted by Gasteiger charge is -2.19. The van der Waals surface area contributed by atoms with Crippen molar-refractivity contribution in [3.8, 4) is 5.75 Å². The van der Waals surface area contributed by atoms with E-state index in [1.165, 1.54) is 0 Å². The zero-order chi connectivity index (χ0) is 14.7. The molecule has 0 aromatic heterocycles. The van der Waals surface area contributed by atoms with Gasteiger partial charge in [0.05, 0.1) is 13.2 Å². The largest absolute Gasteiger partial charge is 0.496 e. The number of aryl methyl sites for hydroxylation is 1. The highest BCUT2D eigenvalue weighted by molar-refractivity contribution is 6.34. The fourth-order valence-electron chi connectivity index (χ4n) is 2.35. The van der Waals surface area contributed by atoms with Gasteiger partial charge in [-0.15, -0.1) is 0 Å². The Kier molecular flexibility index (Phi) is 4.92. The van der Waals surface area contributed by atoms with Crippen molar-refractivity contribution < 1.29 is 4.74 Å². The summed E-state index contributed by atoms with van der Waals surface area (Å²) in [6.07, 6.45) is 0. The number of hydrogen-bond donors (Lipinski definition) is 1. The first-order valence-electron chi connectivity index (χ1n) is 6.33. The quantitative estimate of drug-likeness (QED) is 0.890. The molecule has 0 aliphatic heterocycles. The zero-order valence-electron chi connectivity index (χ0n) is 11.7. The summed E-state index contributed by atoms with van der Waals surface area (Å²) in [6, 6.07) is 11.7. The van der Waals surface area contributed by atoms with E-state index in [0.717, 1.165) is 22.4 Å². The third-order valence-electron chi connectivity index (χ3n) is 3.26. The molecule has 0 radical (unpaired) electrons. The van der Waals surface area contributed by atoms with Gasteiger partial charge in [-0.2, -0.15) is 0 Å². The molecule has 4 heteroatoms. The average molecular weight is 310 g/mol. The van der Waals surface area contributed by atoms with Gasteiger partial charge in [-0.1, -0.05) is 35.3 Å². The third-order valence-corrected chi connectivity index (χ3v) is 3.70. The second kappa shape index (κ2) is 6.49. The number of rotatable bonds is 4. The number of methoxy groups -OCH3 is 1. The summed E-state index contributed by atoms with van der Waals surface area (Å²) in [5.74, 6) is 0.882. The van der Waals surface area contributed by atoms with Crippen LogP contribution in [-0.4, -0.2) is 14.2 Å². The van der Waals surface area contributed by atoms with Crippen LogP contribution in [0.3, 0.4) is 0 Å². The molecule has 0 aliphatic rings.